The third kappa shape index (κ3) is 3.67. The number of hydrogen-bond donors (Lipinski definition) is 2. The zero-order valence-electron chi connectivity index (χ0n) is 13.0. The lowest BCUT2D eigenvalue weighted by atomic mass is 9.82. The Labute approximate surface area is 132 Å². The van der Waals surface area contributed by atoms with Gasteiger partial charge >= 0.3 is 0 Å². The van der Waals surface area contributed by atoms with Gasteiger partial charge in [-0.2, -0.15) is 4.72 Å². The van der Waals surface area contributed by atoms with Gasteiger partial charge in [-0.05, 0) is 37.0 Å². The molecule has 1 aliphatic rings. The summed E-state index contributed by atoms with van der Waals surface area (Å²) in [6, 6.07) is 6.81. The van der Waals surface area contributed by atoms with Crippen LogP contribution in [0.4, 0.5) is 0 Å². The van der Waals surface area contributed by atoms with E-state index in [9.17, 15) is 13.2 Å². The van der Waals surface area contributed by atoms with Crippen LogP contribution in [0.5, 0.6) is 0 Å². The Bertz CT molecular complexity index is 617. The van der Waals surface area contributed by atoms with Crippen LogP contribution in [-0.2, 0) is 21.2 Å². The van der Waals surface area contributed by atoms with E-state index in [1.54, 1.807) is 12.1 Å². The summed E-state index contributed by atoms with van der Waals surface area (Å²) in [5, 5.41) is 0. The molecule has 0 saturated heterocycles. The second-order valence-electron chi connectivity index (χ2n) is 6.01. The van der Waals surface area contributed by atoms with E-state index in [4.69, 9.17) is 5.73 Å². The summed E-state index contributed by atoms with van der Waals surface area (Å²) in [7, 11) is -3.75. The number of carbonyl (C=O) groups excluding carboxylic acids is 1. The van der Waals surface area contributed by atoms with Crippen molar-refractivity contribution < 1.29 is 13.2 Å². The molecular formula is C16H24N2O3S. The highest BCUT2D eigenvalue weighted by molar-refractivity contribution is 7.89. The maximum absolute atomic E-state index is 12.6. The number of nitrogens with two attached hydrogens (primary N) is 1. The Hall–Kier alpha value is -1.40. The third-order valence-electron chi connectivity index (χ3n) is 4.28. The van der Waals surface area contributed by atoms with Crippen molar-refractivity contribution in [2.45, 2.75) is 62.3 Å². The molecule has 0 aliphatic heterocycles. The van der Waals surface area contributed by atoms with Crippen molar-refractivity contribution in [3.8, 4) is 0 Å². The van der Waals surface area contributed by atoms with E-state index in [0.717, 1.165) is 37.7 Å². The predicted octanol–water partition coefficient (Wildman–Crippen LogP) is 2.11. The fourth-order valence-corrected chi connectivity index (χ4v) is 4.43. The highest BCUT2D eigenvalue weighted by Crippen LogP contribution is 2.29. The van der Waals surface area contributed by atoms with E-state index < -0.39 is 21.5 Å². The Balaban J connectivity index is 2.23. The number of aryl methyl sites for hydroxylation is 1. The van der Waals surface area contributed by atoms with Crippen molar-refractivity contribution in [1.82, 2.24) is 4.72 Å². The second kappa shape index (κ2) is 6.79. The number of sulfonamides is 1. The lowest BCUT2D eigenvalue weighted by Crippen LogP contribution is -2.58. The van der Waals surface area contributed by atoms with Crippen molar-refractivity contribution in [3.05, 3.63) is 29.8 Å². The van der Waals surface area contributed by atoms with E-state index >= 15 is 0 Å². The summed E-state index contributed by atoms with van der Waals surface area (Å²) in [5.74, 6) is -0.585. The molecule has 1 amide bonds. The maximum Gasteiger partial charge on any atom is 0.241 e. The molecule has 0 heterocycles. The number of primary amides is 1. The highest BCUT2D eigenvalue weighted by atomic mass is 32.2. The van der Waals surface area contributed by atoms with E-state index in [1.807, 2.05) is 12.1 Å². The molecule has 0 spiro atoms. The number of nitrogens with one attached hydrogen (secondary N) is 1. The van der Waals surface area contributed by atoms with Crippen LogP contribution in [0.15, 0.2) is 29.2 Å². The van der Waals surface area contributed by atoms with Crippen LogP contribution in [0.3, 0.4) is 0 Å². The van der Waals surface area contributed by atoms with Crippen LogP contribution in [0, 0.1) is 0 Å². The van der Waals surface area contributed by atoms with Crippen molar-refractivity contribution in [2.24, 2.45) is 5.73 Å². The van der Waals surface area contributed by atoms with Gasteiger partial charge in [0.2, 0.25) is 15.9 Å². The molecule has 1 aromatic rings. The van der Waals surface area contributed by atoms with Crippen molar-refractivity contribution in [1.29, 1.82) is 0 Å². The SMILES string of the molecule is CCCc1ccc(S(=O)(=O)NC2(C(N)=O)CCCCC2)cc1. The van der Waals surface area contributed by atoms with Gasteiger partial charge in [0.05, 0.1) is 4.90 Å². The van der Waals surface area contributed by atoms with Crippen LogP contribution in [-0.4, -0.2) is 19.9 Å². The molecule has 22 heavy (non-hydrogen) atoms. The van der Waals surface area contributed by atoms with Crippen molar-refractivity contribution in [3.63, 3.8) is 0 Å². The highest BCUT2D eigenvalue weighted by Gasteiger charge is 2.41. The smallest absolute Gasteiger partial charge is 0.241 e. The second-order valence-corrected chi connectivity index (χ2v) is 7.69. The van der Waals surface area contributed by atoms with Crippen LogP contribution >= 0.6 is 0 Å². The van der Waals surface area contributed by atoms with Gasteiger partial charge in [-0.3, -0.25) is 4.79 Å². The number of rotatable bonds is 6. The average molecular weight is 324 g/mol. The molecule has 0 bridgehead atoms. The lowest BCUT2D eigenvalue weighted by Gasteiger charge is -2.34. The summed E-state index contributed by atoms with van der Waals surface area (Å²) in [4.78, 5) is 12.0. The summed E-state index contributed by atoms with van der Waals surface area (Å²) in [5.41, 5.74) is 5.45. The first-order chi connectivity index (χ1) is 10.4. The molecule has 3 N–H and O–H groups in total. The number of benzene rings is 1. The number of hydrogen-bond acceptors (Lipinski definition) is 3. The zero-order valence-corrected chi connectivity index (χ0v) is 13.8. The van der Waals surface area contributed by atoms with Gasteiger partial charge in [-0.1, -0.05) is 44.7 Å². The normalized spacial score (nSPS) is 18.0. The Morgan fingerprint density at radius 3 is 2.27 bits per heavy atom. The number of carbonyl (C=O) groups is 1. The fraction of sp³-hybridized carbons (Fsp3) is 0.562. The Kier molecular flexibility index (Phi) is 5.24. The molecule has 0 unspecified atom stereocenters. The van der Waals surface area contributed by atoms with Gasteiger partial charge in [-0.25, -0.2) is 8.42 Å². The third-order valence-corrected chi connectivity index (χ3v) is 5.83. The first-order valence-electron chi connectivity index (χ1n) is 7.82. The quantitative estimate of drug-likeness (QED) is 0.840. The minimum absolute atomic E-state index is 0.179. The molecule has 0 atom stereocenters. The van der Waals surface area contributed by atoms with Gasteiger partial charge in [0.15, 0.2) is 0 Å². The largest absolute Gasteiger partial charge is 0.368 e. The molecule has 1 fully saturated rings. The van der Waals surface area contributed by atoms with E-state index in [1.165, 1.54) is 0 Å². The van der Waals surface area contributed by atoms with Gasteiger partial charge in [-0.15, -0.1) is 0 Å². The molecule has 2 rings (SSSR count). The average Bonchev–Trinajstić information content (AvgIpc) is 2.48. The number of amides is 1. The molecule has 1 aromatic carbocycles. The minimum atomic E-state index is -3.75. The molecule has 5 nitrogen and oxygen atoms in total. The van der Waals surface area contributed by atoms with Gasteiger partial charge in [0.25, 0.3) is 0 Å². The molecule has 1 aliphatic carbocycles. The first-order valence-corrected chi connectivity index (χ1v) is 9.31. The van der Waals surface area contributed by atoms with Crippen molar-refractivity contribution in [2.75, 3.05) is 0 Å². The summed E-state index contributed by atoms with van der Waals surface area (Å²) >= 11 is 0. The molecule has 0 aromatic heterocycles. The van der Waals surface area contributed by atoms with Crippen LogP contribution in [0.2, 0.25) is 0 Å². The van der Waals surface area contributed by atoms with E-state index in [2.05, 4.69) is 11.6 Å². The van der Waals surface area contributed by atoms with Crippen LogP contribution in [0.25, 0.3) is 0 Å². The molecule has 0 radical (unpaired) electrons. The monoisotopic (exact) mass is 324 g/mol. The molecule has 1 saturated carbocycles. The maximum atomic E-state index is 12.6. The van der Waals surface area contributed by atoms with Crippen LogP contribution in [0.1, 0.15) is 51.0 Å². The topological polar surface area (TPSA) is 89.3 Å². The minimum Gasteiger partial charge on any atom is -0.368 e. The summed E-state index contributed by atoms with van der Waals surface area (Å²) in [6.45, 7) is 2.08. The predicted molar refractivity (Wildman–Crippen MR) is 85.8 cm³/mol. The van der Waals surface area contributed by atoms with E-state index in [0.29, 0.717) is 12.8 Å². The van der Waals surface area contributed by atoms with Crippen molar-refractivity contribution >= 4 is 15.9 Å². The Morgan fingerprint density at radius 2 is 1.77 bits per heavy atom. The van der Waals surface area contributed by atoms with Gasteiger partial charge in [0.1, 0.15) is 5.54 Å². The lowest BCUT2D eigenvalue weighted by molar-refractivity contribution is -0.124. The zero-order chi connectivity index (χ0) is 16.2. The summed E-state index contributed by atoms with van der Waals surface area (Å²) in [6.07, 6.45) is 5.48. The van der Waals surface area contributed by atoms with Gasteiger partial charge in [0, 0.05) is 0 Å². The standard InChI is InChI=1S/C16H24N2O3S/c1-2-6-13-7-9-14(10-8-13)22(20,21)18-16(15(17)19)11-4-3-5-12-16/h7-10,18H,2-6,11-12H2,1H3,(H2,17,19). The van der Waals surface area contributed by atoms with E-state index in [-0.39, 0.29) is 4.90 Å². The van der Waals surface area contributed by atoms with Gasteiger partial charge < -0.3 is 5.73 Å². The Morgan fingerprint density at radius 1 is 1.18 bits per heavy atom. The molecule has 6 heteroatoms. The first kappa shape index (κ1) is 17.0. The molecular weight excluding hydrogens is 300 g/mol. The van der Waals surface area contributed by atoms with Crippen LogP contribution < -0.4 is 10.5 Å². The fourth-order valence-electron chi connectivity index (χ4n) is 2.99. The summed E-state index contributed by atoms with van der Waals surface area (Å²) < 4.78 is 27.7. The molecule has 122 valence electrons.